The Morgan fingerprint density at radius 2 is 0.733 bits per heavy atom. The van der Waals surface area contributed by atoms with Crippen LogP contribution in [-0.2, 0) is 12.8 Å². The van der Waals surface area contributed by atoms with Gasteiger partial charge in [-0.05, 0) is 68.5 Å². The van der Waals surface area contributed by atoms with Gasteiger partial charge in [0.15, 0.2) is 0 Å². The Balaban J connectivity index is 1.65. The van der Waals surface area contributed by atoms with Gasteiger partial charge in [0.2, 0.25) is 0 Å². The summed E-state index contributed by atoms with van der Waals surface area (Å²) < 4.78 is 0. The van der Waals surface area contributed by atoms with Crippen molar-refractivity contribution < 1.29 is 0 Å². The zero-order valence-electron chi connectivity index (χ0n) is 16.8. The highest BCUT2D eigenvalue weighted by Gasteiger charge is 2.30. The summed E-state index contributed by atoms with van der Waals surface area (Å²) in [7, 11) is 0. The first kappa shape index (κ1) is 17.2. The van der Waals surface area contributed by atoms with Gasteiger partial charge in [-0.2, -0.15) is 0 Å². The number of fused-ring (bicyclic) bond motifs is 2. The molecule has 0 heteroatoms. The fourth-order valence-electron chi connectivity index (χ4n) is 5.10. The second kappa shape index (κ2) is 7.00. The molecule has 30 heavy (non-hydrogen) atoms. The van der Waals surface area contributed by atoms with Gasteiger partial charge in [0.05, 0.1) is 0 Å². The summed E-state index contributed by atoms with van der Waals surface area (Å²) in [4.78, 5) is 0. The van der Waals surface area contributed by atoms with Crippen LogP contribution in [0.5, 0.6) is 0 Å². The third-order valence-corrected chi connectivity index (χ3v) is 6.40. The molecular weight excluding hydrogens is 360 g/mol. The minimum atomic E-state index is 1.00. The Labute approximate surface area is 177 Å². The molecule has 0 nitrogen and oxygen atoms in total. The molecule has 0 heterocycles. The average Bonchev–Trinajstić information content (AvgIpc) is 3.39. The van der Waals surface area contributed by atoms with Crippen LogP contribution in [0, 0.1) is 0 Å². The molecule has 0 bridgehead atoms. The molecule has 0 aliphatic heterocycles. The maximum atomic E-state index is 2.29. The molecule has 142 valence electrons. The first-order chi connectivity index (χ1) is 14.9. The fourth-order valence-corrected chi connectivity index (χ4v) is 5.10. The molecule has 0 saturated heterocycles. The molecule has 0 aromatic heterocycles. The van der Waals surface area contributed by atoms with Gasteiger partial charge >= 0.3 is 0 Å². The molecule has 0 spiro atoms. The predicted octanol–water partition coefficient (Wildman–Crippen LogP) is 7.10. The molecule has 2 aliphatic carbocycles. The molecule has 0 unspecified atom stereocenters. The predicted molar refractivity (Wildman–Crippen MR) is 125 cm³/mol. The lowest BCUT2D eigenvalue weighted by Gasteiger charge is -2.14. The maximum Gasteiger partial charge on any atom is -0.00102 e. The van der Waals surface area contributed by atoms with Crippen LogP contribution in [0.4, 0.5) is 0 Å². The second-order valence-corrected chi connectivity index (χ2v) is 8.11. The molecular formula is C30H22. The van der Waals surface area contributed by atoms with Gasteiger partial charge in [0, 0.05) is 0 Å². The first-order valence-corrected chi connectivity index (χ1v) is 10.6. The third-order valence-electron chi connectivity index (χ3n) is 6.40. The van der Waals surface area contributed by atoms with E-state index >= 15 is 0 Å². The van der Waals surface area contributed by atoms with Crippen LogP contribution >= 0.6 is 0 Å². The molecule has 0 N–H and O–H groups in total. The van der Waals surface area contributed by atoms with E-state index in [1.54, 1.807) is 0 Å². The molecule has 6 rings (SSSR count). The van der Waals surface area contributed by atoms with Gasteiger partial charge in [0.1, 0.15) is 0 Å². The molecule has 0 radical (unpaired) electrons. The van der Waals surface area contributed by atoms with E-state index in [0.29, 0.717) is 0 Å². The molecule has 0 fully saturated rings. The second-order valence-electron chi connectivity index (χ2n) is 8.11. The van der Waals surface area contributed by atoms with E-state index in [-0.39, 0.29) is 0 Å². The Hall–Kier alpha value is -3.64. The van der Waals surface area contributed by atoms with Crippen LogP contribution in [0.15, 0.2) is 120 Å². The minimum absolute atomic E-state index is 1.00. The van der Waals surface area contributed by atoms with Gasteiger partial charge in [-0.3, -0.25) is 0 Å². The molecule has 0 amide bonds. The zero-order valence-corrected chi connectivity index (χ0v) is 16.8. The Bertz CT molecular complexity index is 1200. The zero-order chi connectivity index (χ0) is 19.9. The molecule has 4 aromatic carbocycles. The number of hydrogen-bond donors (Lipinski definition) is 0. The smallest absolute Gasteiger partial charge is 0.00102 e. The van der Waals surface area contributed by atoms with Gasteiger partial charge in [0.25, 0.3) is 0 Å². The van der Waals surface area contributed by atoms with Crippen molar-refractivity contribution in [3.05, 3.63) is 154 Å². The number of hydrogen-bond acceptors (Lipinski definition) is 0. The summed E-state index contributed by atoms with van der Waals surface area (Å²) in [6, 6.07) is 39.6. The quantitative estimate of drug-likeness (QED) is 0.354. The topological polar surface area (TPSA) is 0 Å². The van der Waals surface area contributed by atoms with Gasteiger partial charge < -0.3 is 0 Å². The standard InChI is InChI=1S/C30H22/c1-3-11-21(12-4-1)29-25-17-9-7-15-23(25)19-27(29)28-20-24-16-8-10-18-26(24)30(28)22-13-5-2-6-14-22/h1-18H,19-20H2. The van der Waals surface area contributed by atoms with Crippen molar-refractivity contribution in [3.8, 4) is 0 Å². The molecule has 0 saturated carbocycles. The highest BCUT2D eigenvalue weighted by atomic mass is 14.3. The van der Waals surface area contributed by atoms with Gasteiger partial charge in [-0.15, -0.1) is 0 Å². The minimum Gasteiger partial charge on any atom is -0.0622 e. The number of allylic oxidation sites excluding steroid dienone is 2. The van der Waals surface area contributed by atoms with Crippen molar-refractivity contribution in [2.24, 2.45) is 0 Å². The van der Waals surface area contributed by atoms with Crippen LogP contribution in [0.3, 0.4) is 0 Å². The van der Waals surface area contributed by atoms with Crippen LogP contribution in [0.2, 0.25) is 0 Å². The van der Waals surface area contributed by atoms with Crippen molar-refractivity contribution in [2.75, 3.05) is 0 Å². The van der Waals surface area contributed by atoms with Gasteiger partial charge in [-0.1, -0.05) is 109 Å². The van der Waals surface area contributed by atoms with Crippen LogP contribution in [0.1, 0.15) is 33.4 Å². The van der Waals surface area contributed by atoms with Crippen molar-refractivity contribution in [1.82, 2.24) is 0 Å². The lowest BCUT2D eigenvalue weighted by atomic mass is 9.90. The van der Waals surface area contributed by atoms with Crippen molar-refractivity contribution in [1.29, 1.82) is 0 Å². The van der Waals surface area contributed by atoms with E-state index in [1.807, 2.05) is 0 Å². The average molecular weight is 383 g/mol. The summed E-state index contributed by atoms with van der Waals surface area (Å²) in [5.41, 5.74) is 14.0. The van der Waals surface area contributed by atoms with E-state index in [4.69, 9.17) is 0 Å². The molecule has 0 atom stereocenters. The monoisotopic (exact) mass is 382 g/mol. The summed E-state index contributed by atoms with van der Waals surface area (Å²) >= 11 is 0. The Kier molecular flexibility index (Phi) is 4.02. The van der Waals surface area contributed by atoms with E-state index in [0.717, 1.165) is 12.8 Å². The largest absolute Gasteiger partial charge is 0.0622 e. The Morgan fingerprint density at radius 1 is 0.367 bits per heavy atom. The maximum absolute atomic E-state index is 2.29. The van der Waals surface area contributed by atoms with E-state index in [2.05, 4.69) is 109 Å². The van der Waals surface area contributed by atoms with Crippen molar-refractivity contribution >= 4 is 11.1 Å². The highest BCUT2D eigenvalue weighted by molar-refractivity contribution is 5.97. The van der Waals surface area contributed by atoms with E-state index < -0.39 is 0 Å². The number of benzene rings is 4. The third kappa shape index (κ3) is 2.69. The van der Waals surface area contributed by atoms with Gasteiger partial charge in [-0.25, -0.2) is 0 Å². The summed E-state index contributed by atoms with van der Waals surface area (Å²) in [5.74, 6) is 0. The SMILES string of the molecule is c1ccc(C2=C(C3=C(c4ccccc4)c4ccccc4C3)Cc3ccccc32)cc1. The molecule has 4 aromatic rings. The van der Waals surface area contributed by atoms with Crippen LogP contribution < -0.4 is 0 Å². The van der Waals surface area contributed by atoms with Crippen molar-refractivity contribution in [2.45, 2.75) is 12.8 Å². The van der Waals surface area contributed by atoms with E-state index in [1.165, 1.54) is 55.7 Å². The van der Waals surface area contributed by atoms with Crippen molar-refractivity contribution in [3.63, 3.8) is 0 Å². The van der Waals surface area contributed by atoms with E-state index in [9.17, 15) is 0 Å². The fraction of sp³-hybridized carbons (Fsp3) is 0.0667. The summed E-state index contributed by atoms with van der Waals surface area (Å²) in [6.07, 6.45) is 2.00. The summed E-state index contributed by atoms with van der Waals surface area (Å²) in [5, 5.41) is 0. The summed E-state index contributed by atoms with van der Waals surface area (Å²) in [6.45, 7) is 0. The molecule has 2 aliphatic rings. The lowest BCUT2D eigenvalue weighted by Crippen LogP contribution is -1.96. The Morgan fingerprint density at radius 3 is 1.17 bits per heavy atom. The van der Waals surface area contributed by atoms with Crippen LogP contribution in [-0.4, -0.2) is 0 Å². The van der Waals surface area contributed by atoms with Crippen LogP contribution in [0.25, 0.3) is 11.1 Å². The lowest BCUT2D eigenvalue weighted by molar-refractivity contribution is 1.13. The number of rotatable bonds is 3. The normalized spacial score (nSPS) is 14.8. The highest BCUT2D eigenvalue weighted by Crippen LogP contribution is 2.47. The first-order valence-electron chi connectivity index (χ1n) is 10.6.